The summed E-state index contributed by atoms with van der Waals surface area (Å²) in [5, 5.41) is 14.8. The van der Waals surface area contributed by atoms with Crippen LogP contribution in [0.4, 0.5) is 0 Å². The molecule has 0 spiro atoms. The molecule has 5 rings (SSSR count). The molecule has 1 aromatic carbocycles. The second-order valence-electron chi connectivity index (χ2n) is 11.4. The Bertz CT molecular complexity index is 916. The monoisotopic (exact) mass is 513 g/mol. The highest BCUT2D eigenvalue weighted by Gasteiger charge is 2.40. The van der Waals surface area contributed by atoms with Crippen LogP contribution in [0.25, 0.3) is 0 Å². The minimum absolute atomic E-state index is 0.0653. The van der Waals surface area contributed by atoms with Crippen LogP contribution in [-0.2, 0) is 14.3 Å². The highest BCUT2D eigenvalue weighted by Crippen LogP contribution is 2.28. The number of carbonyl (C=O) groups excluding carboxylic acids is 2. The van der Waals surface area contributed by atoms with Crippen LogP contribution in [0.15, 0.2) is 30.3 Å². The highest BCUT2D eigenvalue weighted by atomic mass is 16.5. The largest absolute Gasteiger partial charge is 0.388 e. The minimum Gasteiger partial charge on any atom is -0.388 e. The quantitative estimate of drug-likeness (QED) is 0.563. The molecule has 0 saturated carbocycles. The number of benzene rings is 1. The molecule has 0 bridgehead atoms. The fraction of sp³-hybridized carbons (Fsp3) is 0.714. The van der Waals surface area contributed by atoms with E-state index in [9.17, 15) is 14.7 Å². The molecular formula is C28H43N5O4. The summed E-state index contributed by atoms with van der Waals surface area (Å²) in [5.74, 6) is 0.402. The number of hydrogen-bond acceptors (Lipinski definition) is 7. The maximum atomic E-state index is 13.0. The zero-order chi connectivity index (χ0) is 25.8. The molecule has 4 aliphatic rings. The lowest BCUT2D eigenvalue weighted by Gasteiger charge is -2.44. The number of aliphatic hydroxyl groups is 1. The molecule has 4 fully saturated rings. The summed E-state index contributed by atoms with van der Waals surface area (Å²) >= 11 is 0. The van der Waals surface area contributed by atoms with Crippen molar-refractivity contribution in [2.45, 2.75) is 62.8 Å². The fourth-order valence-corrected chi connectivity index (χ4v) is 6.34. The van der Waals surface area contributed by atoms with Gasteiger partial charge in [0.15, 0.2) is 0 Å². The van der Waals surface area contributed by atoms with Gasteiger partial charge in [0, 0.05) is 51.7 Å². The van der Waals surface area contributed by atoms with Crippen LogP contribution in [0.3, 0.4) is 0 Å². The Hall–Kier alpha value is -2.04. The van der Waals surface area contributed by atoms with Gasteiger partial charge in [0.25, 0.3) is 0 Å². The summed E-state index contributed by atoms with van der Waals surface area (Å²) in [6.07, 6.45) is 3.11. The number of ether oxygens (including phenoxy) is 1. The second kappa shape index (κ2) is 11.8. The number of nitrogens with zero attached hydrogens (tertiary/aromatic N) is 4. The van der Waals surface area contributed by atoms with Crippen molar-refractivity contribution in [3.05, 3.63) is 35.9 Å². The van der Waals surface area contributed by atoms with Crippen LogP contribution < -0.4 is 5.32 Å². The minimum atomic E-state index is -0.943. The molecule has 2 unspecified atom stereocenters. The average Bonchev–Trinajstić information content (AvgIpc) is 3.42. The van der Waals surface area contributed by atoms with Crippen molar-refractivity contribution >= 4 is 11.8 Å². The molecule has 0 radical (unpaired) electrons. The zero-order valence-corrected chi connectivity index (χ0v) is 22.2. The second-order valence-corrected chi connectivity index (χ2v) is 11.4. The first kappa shape index (κ1) is 26.6. The number of β-amino-alcohol motifs (C(OH)–C–C–N with tert-alkyl or cyclic N) is 1. The Labute approximate surface area is 220 Å². The van der Waals surface area contributed by atoms with Gasteiger partial charge in [-0.2, -0.15) is 0 Å². The van der Waals surface area contributed by atoms with Crippen molar-refractivity contribution in [3.63, 3.8) is 0 Å². The first-order valence-electron chi connectivity index (χ1n) is 14.0. The van der Waals surface area contributed by atoms with E-state index in [2.05, 4.69) is 34.2 Å². The molecule has 2 N–H and O–H groups in total. The standard InChI is InChI=1S/C28H43N5O4/c1-22(23-5-3-2-4-6-23)17-26(34)31-11-8-28(36,9-12-31)20-33-21-29-25(18-27(33)35)32-10-7-24(19-32)30-13-15-37-16-14-30/h2-6,22,24-25,29,36H,7-21H2,1H3/t22-,24?,25?/m1/s1. The van der Waals surface area contributed by atoms with Gasteiger partial charge in [0.05, 0.1) is 44.6 Å². The van der Waals surface area contributed by atoms with E-state index in [0.717, 1.165) is 45.8 Å². The van der Waals surface area contributed by atoms with Gasteiger partial charge in [-0.3, -0.25) is 24.7 Å². The van der Waals surface area contributed by atoms with Crippen molar-refractivity contribution in [2.24, 2.45) is 0 Å². The Kier molecular flexibility index (Phi) is 8.46. The zero-order valence-electron chi connectivity index (χ0n) is 22.2. The van der Waals surface area contributed by atoms with Gasteiger partial charge in [0.1, 0.15) is 0 Å². The molecule has 1 aromatic rings. The predicted molar refractivity (Wildman–Crippen MR) is 141 cm³/mol. The maximum Gasteiger partial charge on any atom is 0.226 e. The first-order chi connectivity index (χ1) is 17.9. The van der Waals surface area contributed by atoms with Crippen molar-refractivity contribution in [1.82, 2.24) is 24.9 Å². The summed E-state index contributed by atoms with van der Waals surface area (Å²) in [5.41, 5.74) is 0.227. The lowest BCUT2D eigenvalue weighted by molar-refractivity contribution is -0.146. The summed E-state index contributed by atoms with van der Waals surface area (Å²) in [6, 6.07) is 10.7. The molecule has 4 saturated heterocycles. The first-order valence-corrected chi connectivity index (χ1v) is 14.0. The number of morpholine rings is 1. The van der Waals surface area contributed by atoms with Crippen LogP contribution >= 0.6 is 0 Å². The topological polar surface area (TPSA) is 88.6 Å². The molecule has 37 heavy (non-hydrogen) atoms. The van der Waals surface area contributed by atoms with E-state index in [4.69, 9.17) is 4.74 Å². The van der Waals surface area contributed by atoms with E-state index >= 15 is 0 Å². The number of likely N-dealkylation sites (tertiary alicyclic amines) is 2. The van der Waals surface area contributed by atoms with Gasteiger partial charge in [-0.05, 0) is 30.7 Å². The molecule has 4 heterocycles. The third-order valence-electron chi connectivity index (χ3n) is 8.82. The Morgan fingerprint density at radius 1 is 1.11 bits per heavy atom. The van der Waals surface area contributed by atoms with E-state index in [-0.39, 0.29) is 23.9 Å². The Morgan fingerprint density at radius 2 is 1.84 bits per heavy atom. The van der Waals surface area contributed by atoms with E-state index in [1.807, 2.05) is 23.1 Å². The maximum absolute atomic E-state index is 13.0. The molecule has 0 aromatic heterocycles. The van der Waals surface area contributed by atoms with E-state index in [1.54, 1.807) is 4.90 Å². The lowest BCUT2D eigenvalue weighted by atomic mass is 9.89. The molecule has 9 nitrogen and oxygen atoms in total. The Morgan fingerprint density at radius 3 is 2.54 bits per heavy atom. The van der Waals surface area contributed by atoms with Crippen LogP contribution in [-0.4, -0.2) is 120 Å². The van der Waals surface area contributed by atoms with Crippen molar-refractivity contribution in [3.8, 4) is 0 Å². The lowest BCUT2D eigenvalue weighted by Crippen LogP contribution is -2.61. The third kappa shape index (κ3) is 6.52. The normalized spacial score (nSPS) is 28.4. The summed E-state index contributed by atoms with van der Waals surface area (Å²) in [7, 11) is 0. The number of piperidine rings is 1. The number of amides is 2. The van der Waals surface area contributed by atoms with Gasteiger partial charge in [0.2, 0.25) is 11.8 Å². The highest BCUT2D eigenvalue weighted by molar-refractivity contribution is 5.78. The number of rotatable bonds is 7. The Balaban J connectivity index is 1.05. The molecule has 2 amide bonds. The third-order valence-corrected chi connectivity index (χ3v) is 8.82. The summed E-state index contributed by atoms with van der Waals surface area (Å²) < 4.78 is 5.49. The molecule has 0 aliphatic carbocycles. The van der Waals surface area contributed by atoms with Crippen molar-refractivity contribution < 1.29 is 19.4 Å². The van der Waals surface area contributed by atoms with Crippen LogP contribution in [0.5, 0.6) is 0 Å². The fourth-order valence-electron chi connectivity index (χ4n) is 6.34. The van der Waals surface area contributed by atoms with Crippen LogP contribution in [0, 0.1) is 0 Å². The van der Waals surface area contributed by atoms with E-state index < -0.39 is 5.60 Å². The summed E-state index contributed by atoms with van der Waals surface area (Å²) in [6.45, 7) is 9.55. The van der Waals surface area contributed by atoms with Crippen molar-refractivity contribution in [2.75, 3.05) is 65.7 Å². The molecular weight excluding hydrogens is 470 g/mol. The smallest absolute Gasteiger partial charge is 0.226 e. The molecule has 9 heteroatoms. The molecule has 204 valence electrons. The average molecular weight is 514 g/mol. The van der Waals surface area contributed by atoms with Gasteiger partial charge in [-0.25, -0.2) is 0 Å². The number of carbonyl (C=O) groups is 2. The van der Waals surface area contributed by atoms with E-state index in [0.29, 0.717) is 58.0 Å². The van der Waals surface area contributed by atoms with Gasteiger partial charge in [-0.15, -0.1) is 0 Å². The number of nitrogens with one attached hydrogen (secondary N) is 1. The predicted octanol–water partition coefficient (Wildman–Crippen LogP) is 1.05. The van der Waals surface area contributed by atoms with Gasteiger partial charge >= 0.3 is 0 Å². The molecule has 3 atom stereocenters. The summed E-state index contributed by atoms with van der Waals surface area (Å²) in [4.78, 5) is 34.5. The van der Waals surface area contributed by atoms with Gasteiger partial charge in [-0.1, -0.05) is 37.3 Å². The van der Waals surface area contributed by atoms with Crippen LogP contribution in [0.2, 0.25) is 0 Å². The molecule has 4 aliphatic heterocycles. The van der Waals surface area contributed by atoms with Crippen molar-refractivity contribution in [1.29, 1.82) is 0 Å². The SMILES string of the molecule is C[C@H](CC(=O)N1CCC(O)(CN2CNC(N3CCC(N4CCOCC4)C3)CC2=O)CC1)c1ccccc1. The number of hydrogen-bond donors (Lipinski definition) is 2. The van der Waals surface area contributed by atoms with E-state index in [1.165, 1.54) is 5.56 Å². The van der Waals surface area contributed by atoms with Gasteiger partial charge < -0.3 is 19.6 Å². The van der Waals surface area contributed by atoms with Crippen LogP contribution in [0.1, 0.15) is 50.5 Å².